The maximum atomic E-state index is 11.9. The van der Waals surface area contributed by atoms with Gasteiger partial charge in [0.05, 0.1) is 6.10 Å². The van der Waals surface area contributed by atoms with Crippen molar-refractivity contribution in [1.82, 2.24) is 14.9 Å². The van der Waals surface area contributed by atoms with E-state index in [9.17, 15) is 14.4 Å². The third kappa shape index (κ3) is 4.08. The Morgan fingerprint density at radius 3 is 3.09 bits per heavy atom. The first-order chi connectivity index (χ1) is 10.9. The molecule has 0 unspecified atom stereocenters. The molecule has 2 heterocycles. The van der Waals surface area contributed by atoms with E-state index < -0.39 is 29.7 Å². The molecule has 126 valence electrons. The number of aromatic nitrogens is 2. The second-order valence-electron chi connectivity index (χ2n) is 5.28. The first-order valence-corrected chi connectivity index (χ1v) is 7.17. The van der Waals surface area contributed by atoms with Crippen LogP contribution in [0, 0.1) is 6.92 Å². The molecular weight excluding hydrogens is 304 g/mol. The summed E-state index contributed by atoms with van der Waals surface area (Å²) in [7, 11) is 0. The van der Waals surface area contributed by atoms with Crippen LogP contribution in [-0.2, 0) is 9.47 Å². The molecule has 0 radical (unpaired) electrons. The van der Waals surface area contributed by atoms with Crippen LogP contribution < -0.4 is 22.3 Å². The number of amides is 1. The molecule has 23 heavy (non-hydrogen) atoms. The molecule has 1 amide bonds. The summed E-state index contributed by atoms with van der Waals surface area (Å²) < 4.78 is 11.8. The SMILES string of the molecule is C=CCOC(=O)NC[C@H]1O[C@@H](n2cc(C)c(=O)[nH]c2=O)C[C@@H]1N. The molecule has 0 saturated carbocycles. The van der Waals surface area contributed by atoms with Crippen molar-refractivity contribution in [1.29, 1.82) is 0 Å². The predicted molar refractivity (Wildman–Crippen MR) is 82.1 cm³/mol. The highest BCUT2D eigenvalue weighted by Crippen LogP contribution is 2.25. The lowest BCUT2D eigenvalue weighted by molar-refractivity contribution is -0.00211. The summed E-state index contributed by atoms with van der Waals surface area (Å²) in [6.07, 6.45) is 1.63. The summed E-state index contributed by atoms with van der Waals surface area (Å²) >= 11 is 0. The van der Waals surface area contributed by atoms with Gasteiger partial charge >= 0.3 is 11.8 Å². The zero-order chi connectivity index (χ0) is 17.0. The Hall–Kier alpha value is -2.39. The minimum absolute atomic E-state index is 0.109. The van der Waals surface area contributed by atoms with Gasteiger partial charge < -0.3 is 20.5 Å². The standard InChI is InChI=1S/C14H20N4O5/c1-3-4-22-14(21)16-6-10-9(15)5-11(23-10)18-7-8(2)12(19)17-13(18)20/h3,7,9-11H,1,4-6,15H2,2H3,(H,16,21)(H,17,19,20)/t9-,10+,11+/m0/s1. The minimum Gasteiger partial charge on any atom is -0.445 e. The van der Waals surface area contributed by atoms with E-state index >= 15 is 0 Å². The number of carbonyl (C=O) groups excluding carboxylic acids is 1. The number of nitrogens with zero attached hydrogens (tertiary/aromatic N) is 1. The number of hydrogen-bond acceptors (Lipinski definition) is 6. The van der Waals surface area contributed by atoms with Gasteiger partial charge in [-0.3, -0.25) is 14.3 Å². The van der Waals surface area contributed by atoms with Gasteiger partial charge in [0.15, 0.2) is 0 Å². The maximum absolute atomic E-state index is 11.9. The number of ether oxygens (including phenoxy) is 2. The third-order valence-electron chi connectivity index (χ3n) is 3.52. The first kappa shape index (κ1) is 17.0. The first-order valence-electron chi connectivity index (χ1n) is 7.17. The summed E-state index contributed by atoms with van der Waals surface area (Å²) in [5.74, 6) is 0. The van der Waals surface area contributed by atoms with Crippen LogP contribution >= 0.6 is 0 Å². The molecule has 1 aliphatic rings. The van der Waals surface area contributed by atoms with Crippen molar-refractivity contribution in [2.75, 3.05) is 13.2 Å². The summed E-state index contributed by atoms with van der Waals surface area (Å²) in [6.45, 7) is 5.30. The highest BCUT2D eigenvalue weighted by atomic mass is 16.5. The molecule has 1 saturated heterocycles. The average Bonchev–Trinajstić information content (AvgIpc) is 2.87. The molecule has 0 aliphatic carbocycles. The number of rotatable bonds is 5. The van der Waals surface area contributed by atoms with Crippen molar-refractivity contribution < 1.29 is 14.3 Å². The number of alkyl carbamates (subject to hydrolysis) is 1. The van der Waals surface area contributed by atoms with Crippen LogP contribution in [0.4, 0.5) is 4.79 Å². The van der Waals surface area contributed by atoms with Crippen LogP contribution in [0.2, 0.25) is 0 Å². The van der Waals surface area contributed by atoms with E-state index in [0.717, 1.165) is 0 Å². The van der Waals surface area contributed by atoms with Gasteiger partial charge in [0.25, 0.3) is 5.56 Å². The molecule has 0 aromatic carbocycles. The quantitative estimate of drug-likeness (QED) is 0.619. The molecule has 1 fully saturated rings. The number of nitrogens with one attached hydrogen (secondary N) is 2. The zero-order valence-corrected chi connectivity index (χ0v) is 12.8. The molecule has 9 nitrogen and oxygen atoms in total. The van der Waals surface area contributed by atoms with Gasteiger partial charge in [-0.2, -0.15) is 0 Å². The van der Waals surface area contributed by atoms with E-state index in [2.05, 4.69) is 16.9 Å². The van der Waals surface area contributed by atoms with E-state index in [4.69, 9.17) is 15.2 Å². The van der Waals surface area contributed by atoms with Gasteiger partial charge in [0, 0.05) is 30.8 Å². The second-order valence-corrected chi connectivity index (χ2v) is 5.28. The third-order valence-corrected chi connectivity index (χ3v) is 3.52. The topological polar surface area (TPSA) is 128 Å². The fourth-order valence-electron chi connectivity index (χ4n) is 2.29. The van der Waals surface area contributed by atoms with Crippen LogP contribution in [-0.4, -0.2) is 40.9 Å². The number of H-pyrrole nitrogens is 1. The molecule has 3 atom stereocenters. The van der Waals surface area contributed by atoms with Crippen molar-refractivity contribution in [3.8, 4) is 0 Å². The fraction of sp³-hybridized carbons (Fsp3) is 0.500. The predicted octanol–water partition coefficient (Wildman–Crippen LogP) is -0.628. The summed E-state index contributed by atoms with van der Waals surface area (Å²) in [5, 5.41) is 2.54. The molecule has 1 aromatic rings. The van der Waals surface area contributed by atoms with Gasteiger partial charge in [0.2, 0.25) is 0 Å². The Balaban J connectivity index is 2.00. The Morgan fingerprint density at radius 1 is 1.65 bits per heavy atom. The van der Waals surface area contributed by atoms with Crippen LogP contribution in [0.5, 0.6) is 0 Å². The van der Waals surface area contributed by atoms with Crippen molar-refractivity contribution in [2.24, 2.45) is 5.73 Å². The fourth-order valence-corrected chi connectivity index (χ4v) is 2.29. The molecule has 1 aliphatic heterocycles. The number of aromatic amines is 1. The van der Waals surface area contributed by atoms with Gasteiger partial charge in [-0.25, -0.2) is 9.59 Å². The lowest BCUT2D eigenvalue weighted by atomic mass is 10.1. The van der Waals surface area contributed by atoms with Crippen LogP contribution in [0.1, 0.15) is 18.2 Å². The molecule has 0 bridgehead atoms. The number of hydrogen-bond donors (Lipinski definition) is 3. The van der Waals surface area contributed by atoms with Gasteiger partial charge in [-0.15, -0.1) is 0 Å². The highest BCUT2D eigenvalue weighted by Gasteiger charge is 2.34. The number of nitrogens with two attached hydrogens (primary N) is 1. The number of carbonyl (C=O) groups is 1. The summed E-state index contributed by atoms with van der Waals surface area (Å²) in [4.78, 5) is 36.9. The van der Waals surface area contributed by atoms with E-state index in [1.807, 2.05) is 0 Å². The second kappa shape index (κ2) is 7.25. The Bertz CT molecular complexity index is 695. The summed E-state index contributed by atoms with van der Waals surface area (Å²) in [6, 6.07) is -0.362. The Morgan fingerprint density at radius 2 is 2.39 bits per heavy atom. The van der Waals surface area contributed by atoms with E-state index in [1.165, 1.54) is 16.8 Å². The molecule has 1 aromatic heterocycles. The molecule has 4 N–H and O–H groups in total. The van der Waals surface area contributed by atoms with Crippen molar-refractivity contribution >= 4 is 6.09 Å². The molecule has 0 spiro atoms. The monoisotopic (exact) mass is 324 g/mol. The molecule has 9 heteroatoms. The van der Waals surface area contributed by atoms with E-state index in [-0.39, 0.29) is 19.2 Å². The van der Waals surface area contributed by atoms with Gasteiger partial charge in [0.1, 0.15) is 12.8 Å². The van der Waals surface area contributed by atoms with Gasteiger partial charge in [-0.05, 0) is 6.92 Å². The van der Waals surface area contributed by atoms with Crippen LogP contribution in [0.3, 0.4) is 0 Å². The van der Waals surface area contributed by atoms with Crippen molar-refractivity contribution in [3.05, 3.63) is 45.3 Å². The van der Waals surface area contributed by atoms with Crippen LogP contribution in [0.15, 0.2) is 28.4 Å². The normalized spacial score (nSPS) is 23.5. The summed E-state index contributed by atoms with van der Waals surface area (Å²) in [5.41, 5.74) is 5.40. The Labute approximate surface area is 132 Å². The maximum Gasteiger partial charge on any atom is 0.407 e. The van der Waals surface area contributed by atoms with Crippen LogP contribution in [0.25, 0.3) is 0 Å². The minimum atomic E-state index is -0.596. The Kier molecular flexibility index (Phi) is 5.35. The van der Waals surface area contributed by atoms with Crippen molar-refractivity contribution in [2.45, 2.75) is 31.7 Å². The molecular formula is C14H20N4O5. The van der Waals surface area contributed by atoms with Crippen molar-refractivity contribution in [3.63, 3.8) is 0 Å². The van der Waals surface area contributed by atoms with Gasteiger partial charge in [-0.1, -0.05) is 12.7 Å². The average molecular weight is 324 g/mol. The lowest BCUT2D eigenvalue weighted by Gasteiger charge is -2.17. The number of aryl methyl sites for hydroxylation is 1. The van der Waals surface area contributed by atoms with E-state index in [0.29, 0.717) is 12.0 Å². The van der Waals surface area contributed by atoms with E-state index in [1.54, 1.807) is 6.92 Å². The lowest BCUT2D eigenvalue weighted by Crippen LogP contribution is -2.41. The largest absolute Gasteiger partial charge is 0.445 e. The zero-order valence-electron chi connectivity index (χ0n) is 12.8. The smallest absolute Gasteiger partial charge is 0.407 e. The molecule has 2 rings (SSSR count). The highest BCUT2D eigenvalue weighted by molar-refractivity contribution is 5.67.